The zero-order chi connectivity index (χ0) is 7.40. The summed E-state index contributed by atoms with van der Waals surface area (Å²) in [5, 5.41) is 4.17. The summed E-state index contributed by atoms with van der Waals surface area (Å²) in [5.41, 5.74) is 3.60. The van der Waals surface area contributed by atoms with Crippen LogP contribution in [-0.4, -0.2) is 16.3 Å². The molecule has 1 heterocycles. The molecule has 0 spiro atoms. The molecule has 4 heteroatoms. The summed E-state index contributed by atoms with van der Waals surface area (Å²) >= 11 is 0. The molecule has 10 heavy (non-hydrogen) atoms. The van der Waals surface area contributed by atoms with Gasteiger partial charge in [0.05, 0.1) is 12.2 Å². The highest BCUT2D eigenvalue weighted by Crippen LogP contribution is 1.90. The molecule has 56 valence electrons. The van der Waals surface area contributed by atoms with E-state index >= 15 is 0 Å². The van der Waals surface area contributed by atoms with Gasteiger partial charge in [-0.25, -0.2) is 0 Å². The summed E-state index contributed by atoms with van der Waals surface area (Å²) in [4.78, 5) is 0. The Balaban J connectivity index is 2.42. The Hall–Kier alpha value is -0.870. The van der Waals surface area contributed by atoms with Gasteiger partial charge in [-0.3, -0.25) is 16.0 Å². The van der Waals surface area contributed by atoms with E-state index in [4.69, 9.17) is 5.84 Å². The van der Waals surface area contributed by atoms with Gasteiger partial charge in [-0.2, -0.15) is 5.10 Å². The Bertz CT molecular complexity index is 193. The SMILES string of the molecule is Cc1ccn(CCNN)n1. The monoisotopic (exact) mass is 140 g/mol. The van der Waals surface area contributed by atoms with E-state index in [0.29, 0.717) is 0 Å². The maximum absolute atomic E-state index is 5.09. The topological polar surface area (TPSA) is 55.9 Å². The van der Waals surface area contributed by atoms with E-state index in [1.165, 1.54) is 0 Å². The summed E-state index contributed by atoms with van der Waals surface area (Å²) in [6.45, 7) is 3.54. The quantitative estimate of drug-likeness (QED) is 0.446. The lowest BCUT2D eigenvalue weighted by Gasteiger charge is -1.98. The van der Waals surface area contributed by atoms with Crippen molar-refractivity contribution in [1.82, 2.24) is 15.2 Å². The lowest BCUT2D eigenvalue weighted by atomic mass is 10.5. The van der Waals surface area contributed by atoms with Gasteiger partial charge in [-0.1, -0.05) is 0 Å². The molecular formula is C6H12N4. The zero-order valence-electron chi connectivity index (χ0n) is 6.04. The average molecular weight is 140 g/mol. The third kappa shape index (κ3) is 1.82. The first-order valence-electron chi connectivity index (χ1n) is 3.26. The molecule has 0 saturated carbocycles. The highest BCUT2D eigenvalue weighted by atomic mass is 15.3. The van der Waals surface area contributed by atoms with E-state index in [0.717, 1.165) is 18.8 Å². The van der Waals surface area contributed by atoms with Crippen LogP contribution in [0.2, 0.25) is 0 Å². The molecule has 0 bridgehead atoms. The molecule has 1 rings (SSSR count). The van der Waals surface area contributed by atoms with Crippen LogP contribution in [0.15, 0.2) is 12.3 Å². The fourth-order valence-electron chi connectivity index (χ4n) is 0.767. The minimum absolute atomic E-state index is 0.751. The summed E-state index contributed by atoms with van der Waals surface area (Å²) in [6.07, 6.45) is 1.94. The number of aromatic nitrogens is 2. The van der Waals surface area contributed by atoms with E-state index in [1.807, 2.05) is 23.9 Å². The average Bonchev–Trinajstić information content (AvgIpc) is 2.31. The van der Waals surface area contributed by atoms with Gasteiger partial charge in [0.25, 0.3) is 0 Å². The molecule has 3 N–H and O–H groups in total. The molecule has 0 unspecified atom stereocenters. The fraction of sp³-hybridized carbons (Fsp3) is 0.500. The largest absolute Gasteiger partial charge is 0.271 e. The molecule has 0 aromatic carbocycles. The van der Waals surface area contributed by atoms with Crippen LogP contribution in [0.3, 0.4) is 0 Å². The minimum atomic E-state index is 0.751. The highest BCUT2D eigenvalue weighted by Gasteiger charge is 1.90. The van der Waals surface area contributed by atoms with Crippen molar-refractivity contribution in [1.29, 1.82) is 0 Å². The summed E-state index contributed by atoms with van der Waals surface area (Å²) in [5.74, 6) is 5.09. The van der Waals surface area contributed by atoms with E-state index in [2.05, 4.69) is 10.5 Å². The molecule has 0 aliphatic carbocycles. The van der Waals surface area contributed by atoms with Crippen LogP contribution in [0.1, 0.15) is 5.69 Å². The van der Waals surface area contributed by atoms with Gasteiger partial charge < -0.3 is 0 Å². The second-order valence-electron chi connectivity index (χ2n) is 2.17. The second-order valence-corrected chi connectivity index (χ2v) is 2.17. The first kappa shape index (κ1) is 7.24. The van der Waals surface area contributed by atoms with E-state index < -0.39 is 0 Å². The first-order chi connectivity index (χ1) is 4.83. The second kappa shape index (κ2) is 3.34. The van der Waals surface area contributed by atoms with Gasteiger partial charge in [0, 0.05) is 12.7 Å². The molecule has 4 nitrogen and oxygen atoms in total. The number of nitrogens with two attached hydrogens (primary N) is 1. The number of aryl methyl sites for hydroxylation is 1. The van der Waals surface area contributed by atoms with Crippen LogP contribution in [0.25, 0.3) is 0 Å². The third-order valence-corrected chi connectivity index (χ3v) is 1.26. The van der Waals surface area contributed by atoms with Crippen LogP contribution in [0.4, 0.5) is 0 Å². The van der Waals surface area contributed by atoms with Crippen LogP contribution in [0, 0.1) is 6.92 Å². The zero-order valence-corrected chi connectivity index (χ0v) is 6.04. The summed E-state index contributed by atoms with van der Waals surface area (Å²) in [6, 6.07) is 1.97. The fourth-order valence-corrected chi connectivity index (χ4v) is 0.767. The first-order valence-corrected chi connectivity index (χ1v) is 3.26. The molecule has 0 aliphatic rings. The molecule has 0 radical (unpaired) electrons. The molecule has 0 amide bonds. The lowest BCUT2D eigenvalue weighted by molar-refractivity contribution is 0.564. The number of nitrogens with one attached hydrogen (secondary N) is 1. The smallest absolute Gasteiger partial charge is 0.0593 e. The van der Waals surface area contributed by atoms with Crippen LogP contribution >= 0.6 is 0 Å². The minimum Gasteiger partial charge on any atom is -0.271 e. The Morgan fingerprint density at radius 1 is 1.80 bits per heavy atom. The lowest BCUT2D eigenvalue weighted by Crippen LogP contribution is -2.26. The number of nitrogens with zero attached hydrogens (tertiary/aromatic N) is 2. The Labute approximate surface area is 60.0 Å². The van der Waals surface area contributed by atoms with E-state index in [-0.39, 0.29) is 0 Å². The molecule has 0 aliphatic heterocycles. The highest BCUT2D eigenvalue weighted by molar-refractivity contribution is 4.94. The van der Waals surface area contributed by atoms with Crippen molar-refractivity contribution in [3.8, 4) is 0 Å². The molecule has 0 saturated heterocycles. The molecule has 0 fully saturated rings. The van der Waals surface area contributed by atoms with Crippen molar-refractivity contribution in [2.45, 2.75) is 13.5 Å². The molecule has 0 atom stereocenters. The molecule has 1 aromatic rings. The normalized spacial score (nSPS) is 10.2. The number of hydrogen-bond acceptors (Lipinski definition) is 3. The van der Waals surface area contributed by atoms with Gasteiger partial charge >= 0.3 is 0 Å². The Kier molecular flexibility index (Phi) is 2.42. The van der Waals surface area contributed by atoms with Gasteiger partial charge in [0.1, 0.15) is 0 Å². The summed E-state index contributed by atoms with van der Waals surface area (Å²) in [7, 11) is 0. The van der Waals surface area contributed by atoms with Crippen molar-refractivity contribution in [3.05, 3.63) is 18.0 Å². The van der Waals surface area contributed by atoms with Crippen molar-refractivity contribution >= 4 is 0 Å². The van der Waals surface area contributed by atoms with Gasteiger partial charge in [0.15, 0.2) is 0 Å². The maximum atomic E-state index is 5.09. The number of hydrazine groups is 1. The standard InChI is InChI=1S/C6H12N4/c1-6-2-4-10(9-6)5-3-8-7/h2,4,8H,3,5,7H2,1H3. The van der Waals surface area contributed by atoms with E-state index in [9.17, 15) is 0 Å². The van der Waals surface area contributed by atoms with Crippen molar-refractivity contribution in [3.63, 3.8) is 0 Å². The predicted octanol–water partition coefficient (Wildman–Crippen LogP) is -0.345. The number of hydrogen-bond donors (Lipinski definition) is 2. The van der Waals surface area contributed by atoms with Gasteiger partial charge in [0.2, 0.25) is 0 Å². The maximum Gasteiger partial charge on any atom is 0.0593 e. The van der Waals surface area contributed by atoms with E-state index in [1.54, 1.807) is 0 Å². The summed E-state index contributed by atoms with van der Waals surface area (Å²) < 4.78 is 1.86. The predicted molar refractivity (Wildman–Crippen MR) is 39.2 cm³/mol. The van der Waals surface area contributed by atoms with Crippen LogP contribution in [-0.2, 0) is 6.54 Å². The van der Waals surface area contributed by atoms with Crippen LogP contribution < -0.4 is 11.3 Å². The third-order valence-electron chi connectivity index (χ3n) is 1.26. The molecular weight excluding hydrogens is 128 g/mol. The Morgan fingerprint density at radius 2 is 2.60 bits per heavy atom. The Morgan fingerprint density at radius 3 is 3.10 bits per heavy atom. The van der Waals surface area contributed by atoms with Gasteiger partial charge in [-0.15, -0.1) is 0 Å². The van der Waals surface area contributed by atoms with Crippen molar-refractivity contribution < 1.29 is 0 Å². The van der Waals surface area contributed by atoms with Gasteiger partial charge in [-0.05, 0) is 13.0 Å². The van der Waals surface area contributed by atoms with Crippen molar-refractivity contribution in [2.75, 3.05) is 6.54 Å². The van der Waals surface area contributed by atoms with Crippen molar-refractivity contribution in [2.24, 2.45) is 5.84 Å². The molecule has 1 aromatic heterocycles. The number of rotatable bonds is 3. The van der Waals surface area contributed by atoms with Crippen LogP contribution in [0.5, 0.6) is 0 Å².